The predicted molar refractivity (Wildman–Crippen MR) is 51.8 cm³/mol. The van der Waals surface area contributed by atoms with Gasteiger partial charge >= 0.3 is 5.97 Å². The lowest BCUT2D eigenvalue weighted by molar-refractivity contribution is -0.173. The van der Waals surface area contributed by atoms with E-state index in [0.717, 1.165) is 0 Å². The zero-order valence-electron chi connectivity index (χ0n) is 8.55. The maximum absolute atomic E-state index is 11.2. The van der Waals surface area contributed by atoms with Gasteiger partial charge in [0.1, 0.15) is 6.10 Å². The molecular formula is C9H18O2Si. The first-order valence-corrected chi connectivity index (χ1v) is 8.12. The lowest BCUT2D eigenvalue weighted by Crippen LogP contribution is -2.54. The molecule has 0 spiro atoms. The van der Waals surface area contributed by atoms with Gasteiger partial charge in [0.2, 0.25) is 0 Å². The number of hydrogen-bond donors (Lipinski definition) is 0. The van der Waals surface area contributed by atoms with Crippen LogP contribution in [-0.2, 0) is 9.53 Å². The van der Waals surface area contributed by atoms with Gasteiger partial charge in [-0.2, -0.15) is 0 Å². The van der Waals surface area contributed by atoms with Crippen LogP contribution >= 0.6 is 0 Å². The minimum atomic E-state index is -1.34. The van der Waals surface area contributed by atoms with Crippen molar-refractivity contribution in [2.45, 2.75) is 45.1 Å². The fourth-order valence-electron chi connectivity index (χ4n) is 1.70. The quantitative estimate of drug-likeness (QED) is 0.488. The molecule has 1 saturated heterocycles. The van der Waals surface area contributed by atoms with Gasteiger partial charge in [-0.1, -0.05) is 33.5 Å². The van der Waals surface area contributed by atoms with Gasteiger partial charge in [-0.25, -0.2) is 0 Å². The van der Waals surface area contributed by atoms with Crippen LogP contribution in [0.2, 0.25) is 25.2 Å². The van der Waals surface area contributed by atoms with Crippen molar-refractivity contribution in [3.63, 3.8) is 0 Å². The van der Waals surface area contributed by atoms with Crippen molar-refractivity contribution in [3.05, 3.63) is 0 Å². The molecule has 1 aliphatic rings. The van der Waals surface area contributed by atoms with E-state index in [9.17, 15) is 4.79 Å². The van der Waals surface area contributed by atoms with Crippen LogP contribution in [0.15, 0.2) is 0 Å². The topological polar surface area (TPSA) is 26.3 Å². The highest BCUT2D eigenvalue weighted by atomic mass is 28.3. The summed E-state index contributed by atoms with van der Waals surface area (Å²) in [6, 6.07) is 0. The van der Waals surface area contributed by atoms with Gasteiger partial charge in [0.15, 0.2) is 0 Å². The molecule has 12 heavy (non-hydrogen) atoms. The van der Waals surface area contributed by atoms with Gasteiger partial charge in [-0.3, -0.25) is 4.79 Å². The van der Waals surface area contributed by atoms with Crippen molar-refractivity contribution in [2.24, 2.45) is 5.92 Å². The minimum absolute atomic E-state index is 0.0351. The fraction of sp³-hybridized carbons (Fsp3) is 0.889. The molecule has 0 aliphatic carbocycles. The van der Waals surface area contributed by atoms with Crippen LogP contribution in [-0.4, -0.2) is 20.1 Å². The second-order valence-corrected chi connectivity index (χ2v) is 10.3. The van der Waals surface area contributed by atoms with E-state index in [0.29, 0.717) is 5.92 Å². The summed E-state index contributed by atoms with van der Waals surface area (Å²) in [5.74, 6) is 0.507. The zero-order valence-corrected chi connectivity index (χ0v) is 9.55. The SMILES string of the molecule is CC(C)[C@H]1OC(=O)[C@H]1[Si](C)(C)C. The van der Waals surface area contributed by atoms with Gasteiger partial charge in [0.25, 0.3) is 0 Å². The first kappa shape index (κ1) is 9.77. The van der Waals surface area contributed by atoms with Crippen LogP contribution in [0.5, 0.6) is 0 Å². The van der Waals surface area contributed by atoms with E-state index >= 15 is 0 Å². The summed E-state index contributed by atoms with van der Waals surface area (Å²) in [6.45, 7) is 10.9. The van der Waals surface area contributed by atoms with E-state index in [2.05, 4.69) is 33.5 Å². The molecule has 0 radical (unpaired) electrons. The van der Waals surface area contributed by atoms with Crippen LogP contribution in [0.25, 0.3) is 0 Å². The van der Waals surface area contributed by atoms with Gasteiger partial charge in [-0.05, 0) is 5.92 Å². The van der Waals surface area contributed by atoms with Crippen LogP contribution in [0.3, 0.4) is 0 Å². The summed E-state index contributed by atoms with van der Waals surface area (Å²) in [5, 5.41) is 0. The van der Waals surface area contributed by atoms with Crippen molar-refractivity contribution in [1.82, 2.24) is 0 Å². The smallest absolute Gasteiger partial charge is 0.310 e. The summed E-state index contributed by atoms with van der Waals surface area (Å²) in [5.41, 5.74) is 0.234. The largest absolute Gasteiger partial charge is 0.461 e. The lowest BCUT2D eigenvalue weighted by atomic mass is 9.99. The minimum Gasteiger partial charge on any atom is -0.461 e. The zero-order chi connectivity index (χ0) is 9.52. The molecule has 1 fully saturated rings. The maximum Gasteiger partial charge on any atom is 0.310 e. The molecular weight excluding hydrogens is 168 g/mol. The third kappa shape index (κ3) is 1.55. The second kappa shape index (κ2) is 2.87. The molecule has 1 rings (SSSR count). The first-order chi connectivity index (χ1) is 5.34. The Balaban J connectivity index is 2.69. The Morgan fingerprint density at radius 2 is 1.83 bits per heavy atom. The number of ether oxygens (including phenoxy) is 1. The molecule has 0 amide bonds. The van der Waals surface area contributed by atoms with E-state index in [1.807, 2.05) is 0 Å². The molecule has 2 nitrogen and oxygen atoms in total. The Morgan fingerprint density at radius 3 is 2.00 bits per heavy atom. The summed E-state index contributed by atoms with van der Waals surface area (Å²) < 4.78 is 5.14. The Labute approximate surface area is 75.3 Å². The molecule has 70 valence electrons. The normalized spacial score (nSPS) is 30.0. The van der Waals surface area contributed by atoms with Crippen molar-refractivity contribution in [1.29, 1.82) is 0 Å². The number of esters is 1. The van der Waals surface area contributed by atoms with Gasteiger partial charge in [-0.15, -0.1) is 0 Å². The van der Waals surface area contributed by atoms with Crippen LogP contribution in [0.1, 0.15) is 13.8 Å². The molecule has 2 atom stereocenters. The summed E-state index contributed by atoms with van der Waals surface area (Å²) in [6.07, 6.45) is 0.198. The molecule has 3 heteroatoms. The van der Waals surface area contributed by atoms with Gasteiger partial charge < -0.3 is 4.74 Å². The highest BCUT2D eigenvalue weighted by Crippen LogP contribution is 2.40. The van der Waals surface area contributed by atoms with Crippen molar-refractivity contribution >= 4 is 14.0 Å². The van der Waals surface area contributed by atoms with Crippen LogP contribution in [0, 0.1) is 5.92 Å². The monoisotopic (exact) mass is 186 g/mol. The molecule has 0 N–H and O–H groups in total. The third-order valence-electron chi connectivity index (χ3n) is 2.42. The van der Waals surface area contributed by atoms with Gasteiger partial charge in [0, 0.05) is 0 Å². The number of carbonyl (C=O) groups excluding carboxylic acids is 1. The Kier molecular flexibility index (Phi) is 2.34. The first-order valence-electron chi connectivity index (χ1n) is 4.54. The Hall–Kier alpha value is -0.313. The number of rotatable bonds is 2. The molecule has 1 aliphatic heterocycles. The highest BCUT2D eigenvalue weighted by molar-refractivity contribution is 6.81. The highest BCUT2D eigenvalue weighted by Gasteiger charge is 2.51. The van der Waals surface area contributed by atoms with E-state index in [1.54, 1.807) is 0 Å². The molecule has 0 aromatic carbocycles. The average molecular weight is 186 g/mol. The van der Waals surface area contributed by atoms with Crippen LogP contribution < -0.4 is 0 Å². The predicted octanol–water partition coefficient (Wildman–Crippen LogP) is 2.28. The third-order valence-corrected chi connectivity index (χ3v) is 4.86. The van der Waals surface area contributed by atoms with E-state index < -0.39 is 8.07 Å². The molecule has 1 heterocycles. The molecule has 0 unspecified atom stereocenters. The number of carbonyl (C=O) groups is 1. The van der Waals surface area contributed by atoms with E-state index in [1.165, 1.54) is 0 Å². The van der Waals surface area contributed by atoms with E-state index in [-0.39, 0.29) is 17.6 Å². The van der Waals surface area contributed by atoms with Crippen molar-refractivity contribution in [3.8, 4) is 0 Å². The van der Waals surface area contributed by atoms with Crippen molar-refractivity contribution in [2.75, 3.05) is 0 Å². The Morgan fingerprint density at radius 1 is 1.33 bits per heavy atom. The summed E-state index contributed by atoms with van der Waals surface area (Å²) >= 11 is 0. The number of hydrogen-bond acceptors (Lipinski definition) is 2. The standard InChI is InChI=1S/C9H18O2Si/c1-6(2)7-8(9(10)11-7)12(3,4)5/h6-8H,1-5H3/t7-,8+/m1/s1. The van der Waals surface area contributed by atoms with Gasteiger partial charge in [0.05, 0.1) is 13.6 Å². The fourth-order valence-corrected chi connectivity index (χ4v) is 3.92. The summed E-state index contributed by atoms with van der Waals surface area (Å²) in [7, 11) is -1.34. The Bertz CT molecular complexity index is 193. The maximum atomic E-state index is 11.2. The molecule has 0 bridgehead atoms. The molecule has 0 aromatic rings. The number of cyclic esters (lactones) is 1. The summed E-state index contributed by atoms with van der Waals surface area (Å²) in [4.78, 5) is 11.2. The lowest BCUT2D eigenvalue weighted by Gasteiger charge is -2.44. The molecule has 0 aromatic heterocycles. The molecule has 0 saturated carbocycles. The van der Waals surface area contributed by atoms with E-state index in [4.69, 9.17) is 4.74 Å². The van der Waals surface area contributed by atoms with Crippen molar-refractivity contribution < 1.29 is 9.53 Å². The van der Waals surface area contributed by atoms with Crippen LogP contribution in [0.4, 0.5) is 0 Å². The average Bonchev–Trinajstić information content (AvgIpc) is 1.77. The second-order valence-electron chi connectivity index (χ2n) is 4.99.